The normalized spacial score (nSPS) is 18.2. The second kappa shape index (κ2) is 11.2. The van der Waals surface area contributed by atoms with E-state index in [1.165, 1.54) is 0 Å². The molecule has 0 saturated carbocycles. The van der Waals surface area contributed by atoms with Crippen molar-refractivity contribution in [3.05, 3.63) is 0 Å². The standard InChI is InChI=1S/C17H29N5O6/c1-9(2)14(22-16(27)10-4-3-7-19-10)17(28)21-11(5-6-12(18)23)15(26)20-8-13(24)25/h9-11,14,19H,3-8H2,1-2H3,(H2,18,23)(H,20,26)(H,21,28)(H,22,27)(H,24,25). The van der Waals surface area contributed by atoms with Crippen molar-refractivity contribution >= 4 is 29.6 Å². The van der Waals surface area contributed by atoms with Gasteiger partial charge in [0.1, 0.15) is 18.6 Å². The molecule has 1 heterocycles. The topological polar surface area (TPSA) is 180 Å². The highest BCUT2D eigenvalue weighted by atomic mass is 16.4. The Labute approximate surface area is 163 Å². The van der Waals surface area contributed by atoms with Crippen LogP contribution in [0.3, 0.4) is 0 Å². The fourth-order valence-electron chi connectivity index (χ4n) is 2.80. The van der Waals surface area contributed by atoms with Crippen LogP contribution >= 0.6 is 0 Å². The van der Waals surface area contributed by atoms with Crippen LogP contribution in [0.15, 0.2) is 0 Å². The summed E-state index contributed by atoms with van der Waals surface area (Å²) in [5.41, 5.74) is 5.10. The van der Waals surface area contributed by atoms with Gasteiger partial charge in [0.2, 0.25) is 23.6 Å². The second-order valence-corrected chi connectivity index (χ2v) is 7.06. The Balaban J connectivity index is 2.78. The van der Waals surface area contributed by atoms with E-state index in [1.54, 1.807) is 13.8 Å². The summed E-state index contributed by atoms with van der Waals surface area (Å²) in [7, 11) is 0. The van der Waals surface area contributed by atoms with Crippen LogP contribution < -0.4 is 27.0 Å². The molecule has 1 fully saturated rings. The molecule has 0 bridgehead atoms. The molecule has 1 aliphatic heterocycles. The van der Waals surface area contributed by atoms with Crippen LogP contribution in [-0.4, -0.2) is 65.9 Å². The van der Waals surface area contributed by atoms with Crippen LogP contribution in [0.25, 0.3) is 0 Å². The molecule has 0 aliphatic carbocycles. The van der Waals surface area contributed by atoms with Crippen molar-refractivity contribution in [2.24, 2.45) is 11.7 Å². The van der Waals surface area contributed by atoms with Crippen molar-refractivity contribution in [2.75, 3.05) is 13.1 Å². The SMILES string of the molecule is CC(C)C(NC(=O)C1CCCN1)C(=O)NC(CCC(N)=O)C(=O)NCC(=O)O. The number of carboxylic acids is 1. The Morgan fingerprint density at radius 2 is 1.82 bits per heavy atom. The molecule has 0 aromatic carbocycles. The van der Waals surface area contributed by atoms with E-state index >= 15 is 0 Å². The molecule has 4 amide bonds. The first kappa shape index (κ1) is 23.3. The predicted molar refractivity (Wildman–Crippen MR) is 98.8 cm³/mol. The van der Waals surface area contributed by atoms with E-state index in [1.807, 2.05) is 0 Å². The number of hydrogen-bond donors (Lipinski definition) is 6. The third-order valence-electron chi connectivity index (χ3n) is 4.35. The van der Waals surface area contributed by atoms with Crippen LogP contribution in [0.1, 0.15) is 39.5 Å². The lowest BCUT2D eigenvalue weighted by molar-refractivity contribution is -0.139. The van der Waals surface area contributed by atoms with Gasteiger partial charge in [-0.15, -0.1) is 0 Å². The van der Waals surface area contributed by atoms with Crippen molar-refractivity contribution in [3.63, 3.8) is 0 Å². The Morgan fingerprint density at radius 3 is 2.32 bits per heavy atom. The maximum Gasteiger partial charge on any atom is 0.322 e. The van der Waals surface area contributed by atoms with E-state index in [0.29, 0.717) is 6.42 Å². The van der Waals surface area contributed by atoms with E-state index in [0.717, 1.165) is 13.0 Å². The third-order valence-corrected chi connectivity index (χ3v) is 4.35. The van der Waals surface area contributed by atoms with Gasteiger partial charge >= 0.3 is 5.97 Å². The fourth-order valence-corrected chi connectivity index (χ4v) is 2.80. The summed E-state index contributed by atoms with van der Waals surface area (Å²) in [5, 5.41) is 19.1. The first-order chi connectivity index (χ1) is 13.1. The minimum atomic E-state index is -1.25. The highest BCUT2D eigenvalue weighted by Crippen LogP contribution is 2.09. The summed E-state index contributed by atoms with van der Waals surface area (Å²) in [4.78, 5) is 58.8. The first-order valence-electron chi connectivity index (χ1n) is 9.23. The molecule has 158 valence electrons. The van der Waals surface area contributed by atoms with Crippen molar-refractivity contribution in [2.45, 2.75) is 57.7 Å². The predicted octanol–water partition coefficient (Wildman–Crippen LogP) is -2.17. The average Bonchev–Trinajstić information content (AvgIpc) is 3.14. The van der Waals surface area contributed by atoms with Gasteiger partial charge in [0.05, 0.1) is 6.04 Å². The number of carboxylic acid groups (broad SMARTS) is 1. The van der Waals surface area contributed by atoms with Gasteiger partial charge in [0.25, 0.3) is 0 Å². The lowest BCUT2D eigenvalue weighted by Gasteiger charge is -2.26. The summed E-state index contributed by atoms with van der Waals surface area (Å²) < 4.78 is 0. The molecular formula is C17H29N5O6. The number of rotatable bonds is 11. The van der Waals surface area contributed by atoms with Gasteiger partial charge in [-0.3, -0.25) is 24.0 Å². The van der Waals surface area contributed by atoms with Crippen molar-refractivity contribution in [1.82, 2.24) is 21.3 Å². The van der Waals surface area contributed by atoms with Crippen LogP contribution in [0, 0.1) is 5.92 Å². The van der Waals surface area contributed by atoms with Gasteiger partial charge < -0.3 is 32.1 Å². The lowest BCUT2D eigenvalue weighted by Crippen LogP contribution is -2.57. The zero-order valence-corrected chi connectivity index (χ0v) is 16.1. The van der Waals surface area contributed by atoms with Crippen LogP contribution in [0.4, 0.5) is 0 Å². The first-order valence-corrected chi connectivity index (χ1v) is 9.23. The molecule has 0 radical (unpaired) electrons. The van der Waals surface area contributed by atoms with Crippen molar-refractivity contribution in [1.29, 1.82) is 0 Å². The Hall–Kier alpha value is -2.69. The van der Waals surface area contributed by atoms with Crippen molar-refractivity contribution in [3.8, 4) is 0 Å². The number of aliphatic carboxylic acids is 1. The van der Waals surface area contributed by atoms with Gasteiger partial charge in [-0.1, -0.05) is 13.8 Å². The molecule has 11 nitrogen and oxygen atoms in total. The molecule has 1 saturated heterocycles. The van der Waals surface area contributed by atoms with Gasteiger partial charge in [0, 0.05) is 6.42 Å². The number of carbonyl (C=O) groups is 5. The second-order valence-electron chi connectivity index (χ2n) is 7.06. The zero-order valence-electron chi connectivity index (χ0n) is 16.1. The Morgan fingerprint density at radius 1 is 1.14 bits per heavy atom. The number of hydrogen-bond acceptors (Lipinski definition) is 6. The summed E-state index contributed by atoms with van der Waals surface area (Å²) in [6.07, 6.45) is 1.29. The minimum Gasteiger partial charge on any atom is -0.480 e. The van der Waals surface area contributed by atoms with Crippen molar-refractivity contribution < 1.29 is 29.1 Å². The Bertz CT molecular complexity index is 603. The van der Waals surface area contributed by atoms with Crippen LogP contribution in [-0.2, 0) is 24.0 Å². The van der Waals surface area contributed by atoms with E-state index in [4.69, 9.17) is 10.8 Å². The third kappa shape index (κ3) is 7.91. The summed E-state index contributed by atoms with van der Waals surface area (Å²) >= 11 is 0. The minimum absolute atomic E-state index is 0.0878. The molecule has 1 aliphatic rings. The molecule has 1 rings (SSSR count). The molecule has 0 aromatic heterocycles. The monoisotopic (exact) mass is 399 g/mol. The molecule has 7 N–H and O–H groups in total. The van der Waals surface area contributed by atoms with Gasteiger partial charge in [-0.2, -0.15) is 0 Å². The smallest absolute Gasteiger partial charge is 0.322 e. The molecule has 28 heavy (non-hydrogen) atoms. The van der Waals surface area contributed by atoms with E-state index in [2.05, 4.69) is 21.3 Å². The molecule has 0 spiro atoms. The quantitative estimate of drug-likeness (QED) is 0.229. The molecule has 11 heteroatoms. The maximum absolute atomic E-state index is 12.7. The molecular weight excluding hydrogens is 370 g/mol. The lowest BCUT2D eigenvalue weighted by atomic mass is 10.0. The largest absolute Gasteiger partial charge is 0.480 e. The molecule has 3 unspecified atom stereocenters. The maximum atomic E-state index is 12.7. The number of nitrogens with two attached hydrogens (primary N) is 1. The highest BCUT2D eigenvalue weighted by Gasteiger charge is 2.31. The summed E-state index contributed by atoms with van der Waals surface area (Å²) in [5.74, 6) is -3.81. The number of primary amides is 1. The number of carbonyl (C=O) groups excluding carboxylic acids is 4. The average molecular weight is 399 g/mol. The Kier molecular flexibility index (Phi) is 9.36. The van der Waals surface area contributed by atoms with Gasteiger partial charge in [0.15, 0.2) is 0 Å². The van der Waals surface area contributed by atoms with E-state index in [9.17, 15) is 24.0 Å². The van der Waals surface area contributed by atoms with E-state index in [-0.39, 0.29) is 30.7 Å². The number of amides is 4. The molecule has 0 aromatic rings. The molecule has 3 atom stereocenters. The van der Waals surface area contributed by atoms with Gasteiger partial charge in [-0.25, -0.2) is 0 Å². The summed E-state index contributed by atoms with van der Waals surface area (Å²) in [6.45, 7) is 3.60. The summed E-state index contributed by atoms with van der Waals surface area (Å²) in [6, 6.07) is -2.40. The zero-order chi connectivity index (χ0) is 21.3. The van der Waals surface area contributed by atoms with Crippen LogP contribution in [0.5, 0.6) is 0 Å². The van der Waals surface area contributed by atoms with Gasteiger partial charge in [-0.05, 0) is 31.7 Å². The highest BCUT2D eigenvalue weighted by molar-refractivity contribution is 5.94. The fraction of sp³-hybridized carbons (Fsp3) is 0.706. The van der Waals surface area contributed by atoms with Crippen LogP contribution in [0.2, 0.25) is 0 Å². The van der Waals surface area contributed by atoms with E-state index < -0.39 is 42.3 Å². The number of nitrogens with one attached hydrogen (secondary N) is 4.